The maximum absolute atomic E-state index is 11.8. The zero-order valence-corrected chi connectivity index (χ0v) is 13.1. The highest BCUT2D eigenvalue weighted by molar-refractivity contribution is 6.09. The van der Waals surface area contributed by atoms with Crippen LogP contribution in [0.25, 0.3) is 0 Å². The lowest BCUT2D eigenvalue weighted by atomic mass is 9.97. The molecule has 0 aromatic heterocycles. The topological polar surface area (TPSA) is 52.6 Å². The Hall–Kier alpha value is -2.62. The molecule has 2 aliphatic carbocycles. The summed E-state index contributed by atoms with van der Waals surface area (Å²) in [5.74, 6) is 0.437. The largest absolute Gasteiger partial charge is 0.493 e. The van der Waals surface area contributed by atoms with Gasteiger partial charge in [0.05, 0.1) is 14.2 Å². The molecule has 0 amide bonds. The van der Waals surface area contributed by atoms with Crippen molar-refractivity contribution in [3.05, 3.63) is 70.3 Å². The molecule has 114 valence electrons. The number of ether oxygens (including phenoxy) is 2. The van der Waals surface area contributed by atoms with Crippen molar-refractivity contribution in [2.45, 2.75) is 13.8 Å². The van der Waals surface area contributed by atoms with E-state index in [1.54, 1.807) is 38.2 Å². The summed E-state index contributed by atoms with van der Waals surface area (Å²) in [6.07, 6.45) is 10.7. The molecule has 0 aliphatic heterocycles. The average Bonchev–Trinajstić information content (AvgIpc) is 2.51. The van der Waals surface area contributed by atoms with E-state index in [1.165, 1.54) is 14.2 Å². The first-order chi connectivity index (χ1) is 10.5. The third-order valence-corrected chi connectivity index (χ3v) is 3.43. The van der Waals surface area contributed by atoms with Crippen molar-refractivity contribution in [3.8, 4) is 0 Å². The molecule has 2 rings (SSSR count). The lowest BCUT2D eigenvalue weighted by Crippen LogP contribution is -2.10. The Morgan fingerprint density at radius 2 is 1.09 bits per heavy atom. The summed E-state index contributed by atoms with van der Waals surface area (Å²) in [5, 5.41) is 0. The van der Waals surface area contributed by atoms with Crippen LogP contribution in [0.1, 0.15) is 13.8 Å². The average molecular weight is 298 g/mol. The van der Waals surface area contributed by atoms with Crippen molar-refractivity contribution in [1.29, 1.82) is 0 Å². The van der Waals surface area contributed by atoms with Gasteiger partial charge in [-0.15, -0.1) is 0 Å². The molecule has 0 N–H and O–H groups in total. The van der Waals surface area contributed by atoms with Crippen LogP contribution in [0.5, 0.6) is 0 Å². The van der Waals surface area contributed by atoms with E-state index in [-0.39, 0.29) is 11.6 Å². The fraction of sp³-hybridized carbons (Fsp3) is 0.222. The number of rotatable bonds is 3. The number of Topliss-reactive ketones (excluding diaryl/α,β-unsaturated/α-hetero) is 2. The number of hydrogen-bond donors (Lipinski definition) is 0. The van der Waals surface area contributed by atoms with Gasteiger partial charge in [-0.3, -0.25) is 9.59 Å². The first kappa shape index (κ1) is 15.8. The van der Waals surface area contributed by atoms with Crippen molar-refractivity contribution in [2.24, 2.45) is 0 Å². The SMILES string of the molecule is COC1=C/C(=C\C=C2/C=C(C)C(=O)C(OC)=C2)C=C(C)C1=O. The van der Waals surface area contributed by atoms with Crippen molar-refractivity contribution >= 4 is 11.6 Å². The summed E-state index contributed by atoms with van der Waals surface area (Å²) in [4.78, 5) is 23.6. The highest BCUT2D eigenvalue weighted by Gasteiger charge is 2.18. The first-order valence-electron chi connectivity index (χ1n) is 6.85. The molecule has 0 fully saturated rings. The molecule has 0 unspecified atom stereocenters. The van der Waals surface area contributed by atoms with Crippen LogP contribution >= 0.6 is 0 Å². The summed E-state index contributed by atoms with van der Waals surface area (Å²) in [7, 11) is 2.95. The van der Waals surface area contributed by atoms with E-state index >= 15 is 0 Å². The van der Waals surface area contributed by atoms with Crippen LogP contribution in [-0.4, -0.2) is 25.8 Å². The Balaban J connectivity index is 2.34. The molecular formula is C18H18O4. The van der Waals surface area contributed by atoms with Crippen molar-refractivity contribution < 1.29 is 19.1 Å². The molecule has 0 aromatic rings. The Morgan fingerprint density at radius 1 is 0.727 bits per heavy atom. The van der Waals surface area contributed by atoms with Crippen molar-refractivity contribution in [3.63, 3.8) is 0 Å². The minimum Gasteiger partial charge on any atom is -0.493 e. The quantitative estimate of drug-likeness (QED) is 0.804. The van der Waals surface area contributed by atoms with Gasteiger partial charge in [-0.05, 0) is 49.3 Å². The zero-order valence-electron chi connectivity index (χ0n) is 13.1. The van der Waals surface area contributed by atoms with E-state index < -0.39 is 0 Å². The lowest BCUT2D eigenvalue weighted by Gasteiger charge is -2.12. The lowest BCUT2D eigenvalue weighted by molar-refractivity contribution is -0.115. The number of carbonyl (C=O) groups excluding carboxylic acids is 2. The molecular weight excluding hydrogens is 280 g/mol. The normalized spacial score (nSPS) is 22.2. The predicted molar refractivity (Wildman–Crippen MR) is 83.9 cm³/mol. The second-order valence-corrected chi connectivity index (χ2v) is 5.07. The highest BCUT2D eigenvalue weighted by atomic mass is 16.5. The number of carbonyl (C=O) groups is 2. The number of hydrogen-bond acceptors (Lipinski definition) is 4. The fourth-order valence-electron chi connectivity index (χ4n) is 2.23. The second-order valence-electron chi connectivity index (χ2n) is 5.07. The Morgan fingerprint density at radius 3 is 1.41 bits per heavy atom. The van der Waals surface area contributed by atoms with Gasteiger partial charge in [-0.25, -0.2) is 0 Å². The number of allylic oxidation sites excluding steroid dienone is 10. The summed E-state index contributed by atoms with van der Waals surface area (Å²) in [5.41, 5.74) is 2.97. The van der Waals surface area contributed by atoms with Gasteiger partial charge in [0.2, 0.25) is 11.6 Å². The molecule has 0 atom stereocenters. The molecule has 0 saturated heterocycles. The fourth-order valence-corrected chi connectivity index (χ4v) is 2.23. The van der Waals surface area contributed by atoms with E-state index in [0.29, 0.717) is 22.7 Å². The molecule has 22 heavy (non-hydrogen) atoms. The zero-order chi connectivity index (χ0) is 16.3. The minimum absolute atomic E-state index is 0.104. The monoisotopic (exact) mass is 298 g/mol. The Kier molecular flexibility index (Phi) is 4.61. The highest BCUT2D eigenvalue weighted by Crippen LogP contribution is 2.22. The minimum atomic E-state index is -0.104. The second kappa shape index (κ2) is 6.43. The van der Waals surface area contributed by atoms with Crippen LogP contribution in [0.4, 0.5) is 0 Å². The van der Waals surface area contributed by atoms with E-state index in [4.69, 9.17) is 9.47 Å². The van der Waals surface area contributed by atoms with Crippen molar-refractivity contribution in [1.82, 2.24) is 0 Å². The maximum atomic E-state index is 11.8. The van der Waals surface area contributed by atoms with Crippen LogP contribution in [0.3, 0.4) is 0 Å². The number of methoxy groups -OCH3 is 2. The van der Waals surface area contributed by atoms with Gasteiger partial charge in [0.15, 0.2) is 11.5 Å². The molecule has 0 heterocycles. The van der Waals surface area contributed by atoms with Gasteiger partial charge < -0.3 is 9.47 Å². The summed E-state index contributed by atoms with van der Waals surface area (Å²) >= 11 is 0. The van der Waals surface area contributed by atoms with E-state index in [0.717, 1.165) is 11.1 Å². The standard InChI is InChI=1S/C18H18O4/c1-11-7-13(9-15(21-3)17(11)19)5-6-14-8-12(2)18(20)16(10-14)22-4/h5-10H,1-4H3/b13-5-,14-6+. The molecule has 4 heteroatoms. The maximum Gasteiger partial charge on any atom is 0.223 e. The molecule has 0 bridgehead atoms. The smallest absolute Gasteiger partial charge is 0.223 e. The summed E-state index contributed by atoms with van der Waals surface area (Å²) in [6.45, 7) is 3.50. The van der Waals surface area contributed by atoms with Gasteiger partial charge in [-0.2, -0.15) is 0 Å². The molecule has 0 radical (unpaired) electrons. The van der Waals surface area contributed by atoms with Crippen LogP contribution in [0.15, 0.2) is 70.3 Å². The molecule has 0 saturated carbocycles. The van der Waals surface area contributed by atoms with Crippen LogP contribution in [0.2, 0.25) is 0 Å². The Bertz CT molecular complexity index is 647. The molecule has 0 spiro atoms. The van der Waals surface area contributed by atoms with Crippen LogP contribution < -0.4 is 0 Å². The van der Waals surface area contributed by atoms with Crippen molar-refractivity contribution in [2.75, 3.05) is 14.2 Å². The van der Waals surface area contributed by atoms with E-state index in [1.807, 2.05) is 12.2 Å². The van der Waals surface area contributed by atoms with Gasteiger partial charge >= 0.3 is 0 Å². The molecule has 0 aromatic carbocycles. The number of ketones is 2. The summed E-state index contributed by atoms with van der Waals surface area (Å²) < 4.78 is 10.2. The third kappa shape index (κ3) is 3.17. The third-order valence-electron chi connectivity index (χ3n) is 3.43. The van der Waals surface area contributed by atoms with Gasteiger partial charge in [0.1, 0.15) is 0 Å². The molecule has 4 nitrogen and oxygen atoms in total. The first-order valence-corrected chi connectivity index (χ1v) is 6.85. The van der Waals surface area contributed by atoms with E-state index in [9.17, 15) is 9.59 Å². The van der Waals surface area contributed by atoms with Crippen LogP contribution in [0, 0.1) is 0 Å². The molecule has 2 aliphatic rings. The van der Waals surface area contributed by atoms with Gasteiger partial charge in [0, 0.05) is 11.1 Å². The summed E-state index contributed by atoms with van der Waals surface area (Å²) in [6, 6.07) is 0. The Labute approximate surface area is 129 Å². The van der Waals surface area contributed by atoms with Crippen LogP contribution in [-0.2, 0) is 19.1 Å². The van der Waals surface area contributed by atoms with E-state index in [2.05, 4.69) is 0 Å². The van der Waals surface area contributed by atoms with Gasteiger partial charge in [-0.1, -0.05) is 12.2 Å². The van der Waals surface area contributed by atoms with Gasteiger partial charge in [0.25, 0.3) is 0 Å². The predicted octanol–water partition coefficient (Wildman–Crippen LogP) is 2.96.